The molecule has 0 saturated carbocycles. The molecule has 0 saturated heterocycles. The number of nitriles is 1. The van der Waals surface area contributed by atoms with Crippen molar-refractivity contribution in [1.82, 2.24) is 4.98 Å². The molecule has 0 bridgehead atoms. The highest BCUT2D eigenvalue weighted by atomic mass is 16.5. The molecule has 5 heteroatoms. The third-order valence-corrected chi connectivity index (χ3v) is 3.22. The third kappa shape index (κ3) is 3.41. The summed E-state index contributed by atoms with van der Waals surface area (Å²) in [7, 11) is 0. The van der Waals surface area contributed by atoms with Gasteiger partial charge in [0.15, 0.2) is 0 Å². The van der Waals surface area contributed by atoms with E-state index >= 15 is 0 Å². The van der Waals surface area contributed by atoms with Crippen LogP contribution in [-0.2, 0) is 9.53 Å². The molecule has 0 radical (unpaired) electrons. The van der Waals surface area contributed by atoms with Crippen LogP contribution in [0, 0.1) is 11.3 Å². The Labute approximate surface area is 129 Å². The maximum absolute atomic E-state index is 12.0. The van der Waals surface area contributed by atoms with Crippen molar-refractivity contribution < 1.29 is 9.53 Å². The van der Waals surface area contributed by atoms with Crippen molar-refractivity contribution in [1.29, 1.82) is 5.26 Å². The van der Waals surface area contributed by atoms with E-state index in [1.54, 1.807) is 19.1 Å². The van der Waals surface area contributed by atoms with Crippen LogP contribution < -0.4 is 5.73 Å². The van der Waals surface area contributed by atoms with Crippen molar-refractivity contribution in [3.63, 3.8) is 0 Å². The number of carbonyl (C=O) groups excluding carboxylic acids is 1. The van der Waals surface area contributed by atoms with Crippen molar-refractivity contribution in [2.45, 2.75) is 19.3 Å². The molecule has 112 valence electrons. The van der Waals surface area contributed by atoms with E-state index in [0.29, 0.717) is 17.1 Å². The fourth-order valence-corrected chi connectivity index (χ4v) is 2.15. The average molecular weight is 295 g/mol. The van der Waals surface area contributed by atoms with Crippen LogP contribution in [0.4, 0.5) is 5.69 Å². The van der Waals surface area contributed by atoms with Crippen LogP contribution in [0.25, 0.3) is 11.3 Å². The number of nitrogen functional groups attached to an aromatic ring is 1. The van der Waals surface area contributed by atoms with Gasteiger partial charge >= 0.3 is 5.97 Å². The van der Waals surface area contributed by atoms with E-state index in [9.17, 15) is 4.79 Å². The molecule has 0 fully saturated rings. The Morgan fingerprint density at radius 1 is 1.32 bits per heavy atom. The zero-order chi connectivity index (χ0) is 15.9. The second kappa shape index (κ2) is 7.23. The summed E-state index contributed by atoms with van der Waals surface area (Å²) in [5.74, 6) is -1.15. The molecule has 0 amide bonds. The number of ether oxygens (including phenoxy) is 1. The predicted octanol–water partition coefficient (Wildman–Crippen LogP) is 2.89. The van der Waals surface area contributed by atoms with Crippen molar-refractivity contribution in [2.75, 3.05) is 12.3 Å². The number of anilines is 1. The topological polar surface area (TPSA) is 89.0 Å². The molecule has 1 heterocycles. The number of rotatable bonds is 5. The first-order valence-corrected chi connectivity index (χ1v) is 7.02. The predicted molar refractivity (Wildman–Crippen MR) is 83.7 cm³/mol. The Morgan fingerprint density at radius 2 is 2.05 bits per heavy atom. The van der Waals surface area contributed by atoms with Gasteiger partial charge < -0.3 is 10.5 Å². The van der Waals surface area contributed by atoms with Crippen LogP contribution >= 0.6 is 0 Å². The molecular weight excluding hydrogens is 278 g/mol. The highest BCUT2D eigenvalue weighted by Gasteiger charge is 2.24. The molecule has 0 spiro atoms. The highest BCUT2D eigenvalue weighted by Crippen LogP contribution is 2.27. The Morgan fingerprint density at radius 3 is 2.68 bits per heavy atom. The Kier molecular flexibility index (Phi) is 5.10. The fourth-order valence-electron chi connectivity index (χ4n) is 2.15. The lowest BCUT2D eigenvalue weighted by molar-refractivity contribution is -0.144. The first-order chi connectivity index (χ1) is 10.7. The number of benzene rings is 1. The van der Waals surface area contributed by atoms with Gasteiger partial charge in [0.1, 0.15) is 5.92 Å². The van der Waals surface area contributed by atoms with Gasteiger partial charge in [0.2, 0.25) is 0 Å². The zero-order valence-corrected chi connectivity index (χ0v) is 12.3. The molecular formula is C17H17N3O2. The molecule has 0 aliphatic rings. The van der Waals surface area contributed by atoms with Crippen LogP contribution in [0.15, 0.2) is 42.5 Å². The van der Waals surface area contributed by atoms with Gasteiger partial charge in [-0.2, -0.15) is 5.26 Å². The molecule has 0 aliphatic heterocycles. The number of aromatic nitrogens is 1. The van der Waals surface area contributed by atoms with Gasteiger partial charge in [0.05, 0.1) is 36.2 Å². The van der Waals surface area contributed by atoms with Crippen LogP contribution in [0.5, 0.6) is 0 Å². The smallest absolute Gasteiger partial charge is 0.316 e. The minimum Gasteiger partial charge on any atom is -0.465 e. The van der Waals surface area contributed by atoms with E-state index < -0.39 is 11.9 Å². The van der Waals surface area contributed by atoms with E-state index in [2.05, 4.69) is 4.98 Å². The van der Waals surface area contributed by atoms with Gasteiger partial charge in [0, 0.05) is 5.56 Å². The second-order valence-electron chi connectivity index (χ2n) is 4.71. The first kappa shape index (κ1) is 15.5. The summed E-state index contributed by atoms with van der Waals surface area (Å²) in [6.45, 7) is 1.99. The summed E-state index contributed by atoms with van der Waals surface area (Å²) < 4.78 is 5.03. The summed E-state index contributed by atoms with van der Waals surface area (Å²) in [6.07, 6.45) is 0.0178. The minimum atomic E-state index is -0.701. The van der Waals surface area contributed by atoms with Gasteiger partial charge in [-0.3, -0.25) is 4.79 Å². The van der Waals surface area contributed by atoms with E-state index in [4.69, 9.17) is 15.7 Å². The van der Waals surface area contributed by atoms with Crippen LogP contribution in [0.2, 0.25) is 0 Å². The number of pyridine rings is 1. The van der Waals surface area contributed by atoms with E-state index in [0.717, 1.165) is 5.56 Å². The summed E-state index contributed by atoms with van der Waals surface area (Å²) in [5, 5.41) is 8.95. The van der Waals surface area contributed by atoms with E-state index in [1.807, 2.05) is 36.4 Å². The SMILES string of the molecule is CCOC(=O)C(CC#N)c1ccc(N)c(-c2ccccc2)n1. The number of nitrogens with zero attached hydrogens (tertiary/aromatic N) is 2. The lowest BCUT2D eigenvalue weighted by atomic mass is 10.00. The Balaban J connectivity index is 2.43. The van der Waals surface area contributed by atoms with Gasteiger partial charge in [-0.25, -0.2) is 4.98 Å². The molecule has 0 aliphatic carbocycles. The molecule has 1 aromatic carbocycles. The van der Waals surface area contributed by atoms with Gasteiger partial charge in [0.25, 0.3) is 0 Å². The zero-order valence-electron chi connectivity index (χ0n) is 12.3. The van der Waals surface area contributed by atoms with E-state index in [1.165, 1.54) is 0 Å². The summed E-state index contributed by atoms with van der Waals surface area (Å²) in [5.41, 5.74) is 8.47. The molecule has 1 aromatic heterocycles. The van der Waals surface area contributed by atoms with Crippen molar-refractivity contribution >= 4 is 11.7 Å². The van der Waals surface area contributed by atoms with Gasteiger partial charge in [-0.15, -0.1) is 0 Å². The molecule has 5 nitrogen and oxygen atoms in total. The summed E-state index contributed by atoms with van der Waals surface area (Å²) in [6, 6.07) is 14.9. The van der Waals surface area contributed by atoms with Gasteiger partial charge in [-0.05, 0) is 19.1 Å². The largest absolute Gasteiger partial charge is 0.465 e. The normalized spacial score (nSPS) is 11.5. The van der Waals surface area contributed by atoms with Crippen LogP contribution in [0.3, 0.4) is 0 Å². The van der Waals surface area contributed by atoms with E-state index in [-0.39, 0.29) is 13.0 Å². The molecule has 1 atom stereocenters. The number of carbonyl (C=O) groups is 1. The number of esters is 1. The molecule has 2 N–H and O–H groups in total. The molecule has 2 aromatic rings. The molecule has 2 rings (SSSR count). The number of hydrogen-bond donors (Lipinski definition) is 1. The third-order valence-electron chi connectivity index (χ3n) is 3.22. The lowest BCUT2D eigenvalue weighted by Crippen LogP contribution is -2.17. The highest BCUT2D eigenvalue weighted by molar-refractivity contribution is 5.79. The molecule has 22 heavy (non-hydrogen) atoms. The average Bonchev–Trinajstić information content (AvgIpc) is 2.54. The van der Waals surface area contributed by atoms with Crippen molar-refractivity contribution in [2.24, 2.45) is 0 Å². The monoisotopic (exact) mass is 295 g/mol. The molecule has 1 unspecified atom stereocenters. The maximum Gasteiger partial charge on any atom is 0.316 e. The van der Waals surface area contributed by atoms with Crippen LogP contribution in [-0.4, -0.2) is 17.6 Å². The number of hydrogen-bond acceptors (Lipinski definition) is 5. The lowest BCUT2D eigenvalue weighted by Gasteiger charge is -2.14. The van der Waals surface area contributed by atoms with Crippen molar-refractivity contribution in [3.05, 3.63) is 48.2 Å². The fraction of sp³-hybridized carbons (Fsp3) is 0.235. The maximum atomic E-state index is 12.0. The summed E-state index contributed by atoms with van der Waals surface area (Å²) >= 11 is 0. The first-order valence-electron chi connectivity index (χ1n) is 7.02. The van der Waals surface area contributed by atoms with Crippen molar-refractivity contribution in [3.8, 4) is 17.3 Å². The second-order valence-corrected chi connectivity index (χ2v) is 4.71. The quantitative estimate of drug-likeness (QED) is 0.857. The van der Waals surface area contributed by atoms with Crippen LogP contribution in [0.1, 0.15) is 25.0 Å². The standard InChI is InChI=1S/C17H17N3O2/c1-2-22-17(21)13(10-11-18)15-9-8-14(19)16(20-15)12-6-4-3-5-7-12/h3-9,13H,2,10,19H2,1H3. The Bertz CT molecular complexity index is 693. The Hall–Kier alpha value is -2.87. The number of nitrogens with two attached hydrogens (primary N) is 1. The van der Waals surface area contributed by atoms with Gasteiger partial charge in [-0.1, -0.05) is 30.3 Å². The minimum absolute atomic E-state index is 0.0178. The summed E-state index contributed by atoms with van der Waals surface area (Å²) in [4.78, 5) is 16.5.